The van der Waals surface area contributed by atoms with Gasteiger partial charge in [0, 0.05) is 54.9 Å². The molecule has 17 N–H and O–H groups in total. The van der Waals surface area contributed by atoms with Crippen LogP contribution in [0, 0.1) is 0 Å². The lowest BCUT2D eigenvalue weighted by Crippen LogP contribution is -2.62. The third kappa shape index (κ3) is 19.4. The van der Waals surface area contributed by atoms with Crippen molar-refractivity contribution < 1.29 is 63.6 Å². The summed E-state index contributed by atoms with van der Waals surface area (Å²) in [6, 6.07) is 16.8. The van der Waals surface area contributed by atoms with Crippen LogP contribution in [0.4, 0.5) is 4.79 Å². The number of fused-ring (bicyclic) bond motifs is 1. The number of benzene rings is 4. The highest BCUT2D eigenvalue weighted by molar-refractivity contribution is 8.76. The van der Waals surface area contributed by atoms with Crippen LogP contribution in [-0.2, 0) is 64.0 Å². The molecule has 0 unspecified atom stereocenters. The maximum atomic E-state index is 14.6. The minimum absolute atomic E-state index is 0.0190. The Morgan fingerprint density at radius 1 is 0.655 bits per heavy atom. The molecule has 0 spiro atoms. The normalized spacial score (nSPS) is 23.0. The number of aliphatic hydroxyl groups is 2. The number of carbonyl (C=O) groups is 9. The molecule has 450 valence electrons. The summed E-state index contributed by atoms with van der Waals surface area (Å²) in [4.78, 5) is 131. The van der Waals surface area contributed by atoms with Crippen molar-refractivity contribution in [2.75, 3.05) is 25.1 Å². The first-order valence-electron chi connectivity index (χ1n) is 27.1. The Hall–Kier alpha value is -8.21. The summed E-state index contributed by atoms with van der Waals surface area (Å²) in [5, 5.41) is 63.8. The smallest absolute Gasteiger partial charge is 0.327 e. The first-order chi connectivity index (χ1) is 40.2. The molecule has 1 aliphatic rings. The lowest BCUT2D eigenvalue weighted by atomic mass is 10.0. The molecule has 25 nitrogen and oxygen atoms in total. The van der Waals surface area contributed by atoms with Gasteiger partial charge in [0.1, 0.15) is 48.0 Å². The molecule has 1 aliphatic heterocycles. The summed E-state index contributed by atoms with van der Waals surface area (Å²) >= 11 is 0. The third-order valence-electron chi connectivity index (χ3n) is 13.7. The van der Waals surface area contributed by atoms with Crippen molar-refractivity contribution >= 4 is 85.8 Å². The number of aliphatic carboxylic acids is 1. The minimum Gasteiger partial charge on any atom is -0.508 e. The highest BCUT2D eigenvalue weighted by atomic mass is 33.1. The molecule has 27 heteroatoms. The quantitative estimate of drug-likeness (QED) is 0.0448. The van der Waals surface area contributed by atoms with Gasteiger partial charge in [0.05, 0.1) is 12.1 Å². The molecule has 6 rings (SSSR count). The number of nitrogens with two attached hydrogens (primary N) is 2. The summed E-state index contributed by atoms with van der Waals surface area (Å²) in [5.41, 5.74) is 15.0. The van der Waals surface area contributed by atoms with Crippen LogP contribution in [0.2, 0.25) is 0 Å². The van der Waals surface area contributed by atoms with E-state index in [1.54, 1.807) is 103 Å². The number of aromatic hydroxyl groups is 1. The van der Waals surface area contributed by atoms with E-state index < -0.39 is 114 Å². The maximum Gasteiger partial charge on any atom is 0.327 e. The zero-order valence-electron chi connectivity index (χ0n) is 46.2. The Bertz CT molecular complexity index is 3050. The zero-order chi connectivity index (χ0) is 60.9. The number of aromatic amines is 1. The fourth-order valence-corrected chi connectivity index (χ4v) is 11.2. The first kappa shape index (κ1) is 65.0. The van der Waals surface area contributed by atoms with Crippen LogP contribution in [-0.4, -0.2) is 170 Å². The molecule has 0 radical (unpaired) electrons. The standard InChI is InChI=1S/C57H72N12O13S2/c1-32(70)47-54(78)63-42(26-33-13-5-3-6-14-33)50(74)65-46(55(79)80)31-84-83-30-45(64-48(72)39(59)25-35-20-22-37(71)23-21-35)53(77)62-43(27-34-15-7-4-8-16-34)52(76)68-57(82)69(2)56(81)66-44(28-36-29-60-40-18-10-9-17-38(36)40)51(75)61-41(49(73)67-47)19-11-12-24-58/h3-10,13-18,20-23,29,32,39,41-47,57,60,70-71,82H,11-12,19,24-28,30-31,58-59H2,1-2H3,(H,61,75)(H,62,77)(H,63,78)(H,64,72)(H,65,74)(H,66,81)(H,67,73)(H,68,76)(H,79,80)/t32-,39+,41-,42-,43-,44+,45-,46-,47+,57-/m1/s1. The van der Waals surface area contributed by atoms with Crippen LogP contribution in [0.15, 0.2) is 115 Å². The topological polar surface area (TPSA) is 402 Å². The fourth-order valence-electron chi connectivity index (χ4n) is 8.88. The number of rotatable bonds is 16. The van der Waals surface area contributed by atoms with Gasteiger partial charge in [-0.2, -0.15) is 0 Å². The summed E-state index contributed by atoms with van der Waals surface area (Å²) in [6.45, 7) is 1.43. The van der Waals surface area contributed by atoms with Crippen LogP contribution in [0.5, 0.6) is 5.75 Å². The second-order valence-corrected chi connectivity index (χ2v) is 22.7. The van der Waals surface area contributed by atoms with Crippen molar-refractivity contribution in [1.29, 1.82) is 0 Å². The number of H-pyrrole nitrogens is 1. The van der Waals surface area contributed by atoms with Gasteiger partial charge in [-0.1, -0.05) is 113 Å². The van der Waals surface area contributed by atoms with Crippen LogP contribution >= 0.6 is 21.6 Å². The highest BCUT2D eigenvalue weighted by Crippen LogP contribution is 2.24. The number of aromatic nitrogens is 1. The average molecular weight is 1200 g/mol. The number of phenols is 1. The van der Waals surface area contributed by atoms with Crippen LogP contribution in [0.3, 0.4) is 0 Å². The number of carbonyl (C=O) groups excluding carboxylic acids is 8. The molecule has 0 saturated carbocycles. The van der Waals surface area contributed by atoms with Gasteiger partial charge >= 0.3 is 12.0 Å². The number of nitrogens with one attached hydrogen (secondary N) is 9. The van der Waals surface area contributed by atoms with Crippen molar-refractivity contribution in [3.8, 4) is 5.75 Å². The Balaban J connectivity index is 1.37. The van der Waals surface area contributed by atoms with Crippen LogP contribution < -0.4 is 54.0 Å². The average Bonchev–Trinajstić information content (AvgIpc) is 4.09. The number of phenolic OH excluding ortho intramolecular Hbond substituents is 1. The van der Waals surface area contributed by atoms with Crippen molar-refractivity contribution in [1.82, 2.24) is 52.4 Å². The first-order valence-corrected chi connectivity index (χ1v) is 29.6. The van der Waals surface area contributed by atoms with E-state index in [1.165, 1.54) is 19.1 Å². The molecule has 2 heterocycles. The molecular formula is C57H72N12O13S2. The Morgan fingerprint density at radius 3 is 1.82 bits per heavy atom. The number of aliphatic hydroxyl groups excluding tert-OH is 2. The number of amides is 9. The van der Waals surface area contributed by atoms with Crippen molar-refractivity contribution in [2.45, 2.75) is 113 Å². The summed E-state index contributed by atoms with van der Waals surface area (Å²) in [5.74, 6) is -8.68. The number of unbranched alkanes of at least 4 members (excludes halogenated alkanes) is 1. The van der Waals surface area contributed by atoms with Gasteiger partial charge in [0.25, 0.3) is 0 Å². The van der Waals surface area contributed by atoms with E-state index in [4.69, 9.17) is 11.5 Å². The minimum atomic E-state index is -2.11. The fraction of sp³-hybridized carbons (Fsp3) is 0.386. The number of carboxylic acid groups (broad SMARTS) is 1. The second kappa shape index (κ2) is 32.0. The SMILES string of the molecule is C[C@@H](O)[C@@H]1NC(=O)[C@@H](CCCCN)NC(=O)[C@H](Cc2c[nH]c3ccccc23)NC(=O)N(C)[C@H](O)NC(=O)[C@@H](Cc2ccccc2)NC(=O)[C@H](NC(=O)[C@@H](N)Cc2ccc(O)cc2)CSSC[C@H](C(=O)O)NC(=O)[C@@H](Cc2ccccc2)NC1=O. The van der Waals surface area contributed by atoms with Crippen molar-refractivity contribution in [2.24, 2.45) is 11.5 Å². The molecule has 0 bridgehead atoms. The number of urea groups is 1. The number of carboxylic acids is 1. The van der Waals surface area contributed by atoms with Gasteiger partial charge in [0.2, 0.25) is 47.7 Å². The van der Waals surface area contributed by atoms with E-state index in [0.717, 1.165) is 28.6 Å². The molecule has 1 fully saturated rings. The molecule has 5 aromatic rings. The number of nitrogens with zero attached hydrogens (tertiary/aromatic N) is 1. The van der Waals surface area contributed by atoms with E-state index in [9.17, 15) is 63.6 Å². The molecular weight excluding hydrogens is 1120 g/mol. The van der Waals surface area contributed by atoms with E-state index in [-0.39, 0.29) is 62.3 Å². The van der Waals surface area contributed by atoms with E-state index in [0.29, 0.717) is 44.5 Å². The largest absolute Gasteiger partial charge is 0.508 e. The molecule has 84 heavy (non-hydrogen) atoms. The Kier molecular flexibility index (Phi) is 24.8. The molecule has 9 amide bonds. The van der Waals surface area contributed by atoms with Crippen LogP contribution in [0.1, 0.15) is 48.4 Å². The highest BCUT2D eigenvalue weighted by Gasteiger charge is 2.37. The van der Waals surface area contributed by atoms with Gasteiger partial charge in [-0.3, -0.25) is 38.5 Å². The summed E-state index contributed by atoms with van der Waals surface area (Å²) in [7, 11) is 2.94. The predicted molar refractivity (Wildman–Crippen MR) is 315 cm³/mol. The second-order valence-electron chi connectivity index (χ2n) is 20.1. The van der Waals surface area contributed by atoms with Gasteiger partial charge in [0.15, 0.2) is 0 Å². The molecule has 0 aliphatic carbocycles. The van der Waals surface area contributed by atoms with Gasteiger partial charge in [-0.25, -0.2) is 9.59 Å². The lowest BCUT2D eigenvalue weighted by molar-refractivity contribution is -0.141. The predicted octanol–water partition coefficient (Wildman–Crippen LogP) is -0.228. The van der Waals surface area contributed by atoms with Gasteiger partial charge in [-0.15, -0.1) is 0 Å². The van der Waals surface area contributed by atoms with E-state index in [2.05, 4.69) is 47.5 Å². The zero-order valence-corrected chi connectivity index (χ0v) is 47.8. The number of para-hydroxylation sites is 1. The summed E-state index contributed by atoms with van der Waals surface area (Å²) < 4.78 is 0. The molecule has 10 atom stereocenters. The van der Waals surface area contributed by atoms with E-state index in [1.807, 2.05) is 0 Å². The molecule has 1 saturated heterocycles. The number of hydrogen-bond acceptors (Lipinski definition) is 16. The monoisotopic (exact) mass is 1200 g/mol. The third-order valence-corrected chi connectivity index (χ3v) is 16.1. The van der Waals surface area contributed by atoms with E-state index >= 15 is 0 Å². The Morgan fingerprint density at radius 2 is 1.20 bits per heavy atom. The van der Waals surface area contributed by atoms with Crippen LogP contribution in [0.25, 0.3) is 10.9 Å². The summed E-state index contributed by atoms with van der Waals surface area (Å²) in [6.07, 6.45) is -2.03. The Labute approximate surface area is 492 Å². The number of hydrogen-bond donors (Lipinski definition) is 15. The molecule has 1 aromatic heterocycles. The van der Waals surface area contributed by atoms with Crippen molar-refractivity contribution in [3.63, 3.8) is 0 Å². The lowest BCUT2D eigenvalue weighted by Gasteiger charge is -2.30. The van der Waals surface area contributed by atoms with Crippen molar-refractivity contribution in [3.05, 3.63) is 138 Å². The maximum absolute atomic E-state index is 14.6. The molecule has 4 aromatic carbocycles. The van der Waals surface area contributed by atoms with Gasteiger partial charge in [-0.05, 0) is 79.6 Å². The van der Waals surface area contributed by atoms with Gasteiger partial charge < -0.3 is 79.4 Å².